The lowest BCUT2D eigenvalue weighted by molar-refractivity contribution is -0.0123. The van der Waals surface area contributed by atoms with Gasteiger partial charge in [-0.05, 0) is 24.0 Å². The molecule has 0 fully saturated rings. The van der Waals surface area contributed by atoms with Gasteiger partial charge >= 0.3 is 5.97 Å². The fourth-order valence-corrected chi connectivity index (χ4v) is 2.18. The molecule has 1 aromatic carbocycles. The summed E-state index contributed by atoms with van der Waals surface area (Å²) in [4.78, 5) is 15.1. The molecule has 0 spiro atoms. The van der Waals surface area contributed by atoms with Crippen LogP contribution in [0.4, 0.5) is 0 Å². The fourth-order valence-electron chi connectivity index (χ4n) is 2.18. The molecule has 1 N–H and O–H groups in total. The molecule has 2 rings (SSSR count). The summed E-state index contributed by atoms with van der Waals surface area (Å²) in [5.41, 5.74) is 2.61. The predicted octanol–water partition coefficient (Wildman–Crippen LogP) is 3.13. The monoisotopic (exact) mass is 261 g/mol. The predicted molar refractivity (Wildman–Crippen MR) is 74.1 cm³/mol. The number of methoxy groups -OCH3 is 1. The van der Waals surface area contributed by atoms with Gasteiger partial charge in [0.25, 0.3) is 0 Å². The van der Waals surface area contributed by atoms with Gasteiger partial charge in [-0.1, -0.05) is 26.0 Å². The van der Waals surface area contributed by atoms with Crippen LogP contribution < -0.4 is 0 Å². The number of rotatable bonds is 5. The number of hydrogen-bond donors (Lipinski definition) is 1. The van der Waals surface area contributed by atoms with Gasteiger partial charge in [0.2, 0.25) is 0 Å². The molecule has 4 nitrogen and oxygen atoms in total. The molecule has 102 valence electrons. The van der Waals surface area contributed by atoms with E-state index in [0.717, 1.165) is 17.3 Å². The van der Waals surface area contributed by atoms with Crippen LogP contribution in [0.2, 0.25) is 0 Å². The first-order valence-corrected chi connectivity index (χ1v) is 6.38. The van der Waals surface area contributed by atoms with Crippen molar-refractivity contribution in [2.24, 2.45) is 5.92 Å². The lowest BCUT2D eigenvalue weighted by Gasteiger charge is -2.05. The lowest BCUT2D eigenvalue weighted by atomic mass is 10.0. The van der Waals surface area contributed by atoms with Crippen LogP contribution in [0, 0.1) is 5.92 Å². The van der Waals surface area contributed by atoms with E-state index in [-0.39, 0.29) is 12.8 Å². The van der Waals surface area contributed by atoms with Crippen LogP contribution in [0.25, 0.3) is 10.9 Å². The minimum absolute atomic E-state index is 0.0330. The first-order chi connectivity index (χ1) is 9.13. The summed E-state index contributed by atoms with van der Waals surface area (Å²) in [5.74, 6) is 0.202. The average Bonchev–Trinajstić information content (AvgIpc) is 2.78. The van der Waals surface area contributed by atoms with E-state index in [1.807, 2.05) is 18.3 Å². The molecular formula is C15H19NO3. The van der Waals surface area contributed by atoms with E-state index < -0.39 is 0 Å². The Hall–Kier alpha value is -1.81. The Bertz CT molecular complexity index is 572. The molecule has 19 heavy (non-hydrogen) atoms. The molecule has 2 aromatic rings. The zero-order valence-electron chi connectivity index (χ0n) is 11.5. The van der Waals surface area contributed by atoms with Crippen LogP contribution in [0.15, 0.2) is 24.4 Å². The number of aromatic amines is 1. The Labute approximate surface area is 112 Å². The Morgan fingerprint density at radius 3 is 2.84 bits per heavy atom. The molecule has 4 heteroatoms. The van der Waals surface area contributed by atoms with Crippen molar-refractivity contribution < 1.29 is 14.3 Å². The SMILES string of the molecule is COCOC(=O)c1cccc2c(CC(C)C)c[nH]c12. The smallest absolute Gasteiger partial charge is 0.342 e. The highest BCUT2D eigenvalue weighted by Gasteiger charge is 2.14. The Morgan fingerprint density at radius 2 is 2.16 bits per heavy atom. The van der Waals surface area contributed by atoms with E-state index in [1.54, 1.807) is 6.07 Å². The summed E-state index contributed by atoms with van der Waals surface area (Å²) >= 11 is 0. The van der Waals surface area contributed by atoms with Crippen LogP contribution in [0.1, 0.15) is 29.8 Å². The van der Waals surface area contributed by atoms with Gasteiger partial charge in [-0.3, -0.25) is 0 Å². The lowest BCUT2D eigenvalue weighted by Crippen LogP contribution is -2.08. The first-order valence-electron chi connectivity index (χ1n) is 6.38. The summed E-state index contributed by atoms with van der Waals surface area (Å²) in [5, 5.41) is 1.08. The zero-order valence-corrected chi connectivity index (χ0v) is 11.5. The molecule has 0 amide bonds. The number of benzene rings is 1. The van der Waals surface area contributed by atoms with Crippen molar-refractivity contribution in [1.82, 2.24) is 4.98 Å². The molecular weight excluding hydrogens is 242 g/mol. The number of ether oxygens (including phenoxy) is 2. The van der Waals surface area contributed by atoms with Gasteiger partial charge in [0.1, 0.15) is 0 Å². The maximum absolute atomic E-state index is 11.9. The Balaban J connectivity index is 2.36. The number of fused-ring (bicyclic) bond motifs is 1. The molecule has 0 radical (unpaired) electrons. The highest BCUT2D eigenvalue weighted by Crippen LogP contribution is 2.24. The van der Waals surface area contributed by atoms with Gasteiger partial charge in [-0.15, -0.1) is 0 Å². The topological polar surface area (TPSA) is 51.3 Å². The number of hydrogen-bond acceptors (Lipinski definition) is 3. The second-order valence-corrected chi connectivity index (χ2v) is 4.98. The third-order valence-electron chi connectivity index (χ3n) is 2.96. The number of aromatic nitrogens is 1. The Morgan fingerprint density at radius 1 is 1.37 bits per heavy atom. The average molecular weight is 261 g/mol. The van der Waals surface area contributed by atoms with Crippen LogP contribution in [0.5, 0.6) is 0 Å². The first kappa shape index (κ1) is 13.6. The van der Waals surface area contributed by atoms with E-state index in [2.05, 4.69) is 18.8 Å². The van der Waals surface area contributed by atoms with Crippen LogP contribution in [0.3, 0.4) is 0 Å². The molecule has 1 aromatic heterocycles. The number of esters is 1. The zero-order chi connectivity index (χ0) is 13.8. The molecule has 0 unspecified atom stereocenters. The molecule has 1 heterocycles. The second kappa shape index (κ2) is 5.89. The van der Waals surface area contributed by atoms with E-state index in [9.17, 15) is 4.79 Å². The van der Waals surface area contributed by atoms with Gasteiger partial charge < -0.3 is 14.5 Å². The highest BCUT2D eigenvalue weighted by atomic mass is 16.7. The van der Waals surface area contributed by atoms with Crippen LogP contribution >= 0.6 is 0 Å². The maximum Gasteiger partial charge on any atom is 0.342 e. The minimum atomic E-state index is -0.370. The van der Waals surface area contributed by atoms with Crippen molar-refractivity contribution >= 4 is 16.9 Å². The van der Waals surface area contributed by atoms with E-state index >= 15 is 0 Å². The van der Waals surface area contributed by atoms with Gasteiger partial charge in [0.15, 0.2) is 6.79 Å². The number of carbonyl (C=O) groups excluding carboxylic acids is 1. The van der Waals surface area contributed by atoms with Crippen molar-refractivity contribution in [1.29, 1.82) is 0 Å². The number of para-hydroxylation sites is 1. The molecule has 0 saturated heterocycles. The third-order valence-corrected chi connectivity index (χ3v) is 2.96. The Kier molecular flexibility index (Phi) is 4.22. The summed E-state index contributed by atoms with van der Waals surface area (Å²) < 4.78 is 9.75. The van der Waals surface area contributed by atoms with E-state index in [1.165, 1.54) is 12.7 Å². The summed E-state index contributed by atoms with van der Waals surface area (Å²) in [7, 11) is 1.49. The summed E-state index contributed by atoms with van der Waals surface area (Å²) in [6.07, 6.45) is 2.95. The number of H-pyrrole nitrogens is 1. The van der Waals surface area contributed by atoms with E-state index in [4.69, 9.17) is 9.47 Å². The van der Waals surface area contributed by atoms with E-state index in [0.29, 0.717) is 11.5 Å². The number of nitrogens with one attached hydrogen (secondary N) is 1. The van der Waals surface area contributed by atoms with Gasteiger partial charge in [0.05, 0.1) is 11.1 Å². The van der Waals surface area contributed by atoms with Gasteiger partial charge in [0, 0.05) is 18.7 Å². The molecule has 0 bridgehead atoms. The van der Waals surface area contributed by atoms with Crippen molar-refractivity contribution in [3.63, 3.8) is 0 Å². The largest absolute Gasteiger partial charge is 0.435 e. The van der Waals surface area contributed by atoms with Gasteiger partial charge in [-0.25, -0.2) is 4.79 Å². The number of carbonyl (C=O) groups is 1. The van der Waals surface area contributed by atoms with Crippen LogP contribution in [-0.2, 0) is 15.9 Å². The quantitative estimate of drug-likeness (QED) is 0.664. The molecule has 0 aliphatic carbocycles. The minimum Gasteiger partial charge on any atom is -0.435 e. The van der Waals surface area contributed by atoms with Crippen molar-refractivity contribution in [2.75, 3.05) is 13.9 Å². The molecule has 0 aliphatic heterocycles. The summed E-state index contributed by atoms with van der Waals surface area (Å²) in [6, 6.07) is 5.66. The molecule has 0 aliphatic rings. The maximum atomic E-state index is 11.9. The normalized spacial score (nSPS) is 11.2. The third kappa shape index (κ3) is 2.96. The fraction of sp³-hybridized carbons (Fsp3) is 0.400. The molecule has 0 atom stereocenters. The van der Waals surface area contributed by atoms with Crippen molar-refractivity contribution in [3.8, 4) is 0 Å². The second-order valence-electron chi connectivity index (χ2n) is 4.98. The molecule has 0 saturated carbocycles. The highest BCUT2D eigenvalue weighted by molar-refractivity contribution is 6.03. The van der Waals surface area contributed by atoms with Crippen molar-refractivity contribution in [2.45, 2.75) is 20.3 Å². The summed E-state index contributed by atoms with van der Waals surface area (Å²) in [6.45, 7) is 4.32. The standard InChI is InChI=1S/C15H19NO3/c1-10(2)7-11-8-16-14-12(11)5-4-6-13(14)15(17)19-9-18-3/h4-6,8,10,16H,7,9H2,1-3H3. The van der Waals surface area contributed by atoms with Crippen molar-refractivity contribution in [3.05, 3.63) is 35.5 Å². The van der Waals surface area contributed by atoms with Gasteiger partial charge in [-0.2, -0.15) is 0 Å². The van der Waals surface area contributed by atoms with Crippen LogP contribution in [-0.4, -0.2) is 24.9 Å².